The Morgan fingerprint density at radius 3 is 2.67 bits per heavy atom. The van der Waals surface area contributed by atoms with Gasteiger partial charge in [-0.2, -0.15) is 0 Å². The SMILES string of the molecule is CCCN(CN)[C@@H](C)CCC1=CCC(C)(C)C=C1. The van der Waals surface area contributed by atoms with Gasteiger partial charge in [-0.15, -0.1) is 0 Å². The summed E-state index contributed by atoms with van der Waals surface area (Å²) in [5.74, 6) is 0. The molecule has 2 N–H and O–H groups in total. The second kappa shape index (κ2) is 7.10. The molecule has 0 amide bonds. The number of nitrogens with two attached hydrogens (primary N) is 1. The van der Waals surface area contributed by atoms with Crippen molar-refractivity contribution < 1.29 is 0 Å². The molecule has 0 aliphatic heterocycles. The Bertz CT molecular complexity index is 302. The highest BCUT2D eigenvalue weighted by Crippen LogP contribution is 2.29. The van der Waals surface area contributed by atoms with E-state index < -0.39 is 0 Å². The third kappa shape index (κ3) is 4.95. The summed E-state index contributed by atoms with van der Waals surface area (Å²) < 4.78 is 0. The highest BCUT2D eigenvalue weighted by Gasteiger charge is 2.17. The van der Waals surface area contributed by atoms with Gasteiger partial charge in [0.1, 0.15) is 0 Å². The molecular formula is C16H30N2. The van der Waals surface area contributed by atoms with Crippen LogP contribution in [0.15, 0.2) is 23.8 Å². The van der Waals surface area contributed by atoms with Gasteiger partial charge in [-0.1, -0.05) is 44.6 Å². The highest BCUT2D eigenvalue weighted by molar-refractivity contribution is 5.25. The number of rotatable bonds is 7. The molecule has 0 aromatic heterocycles. The van der Waals surface area contributed by atoms with Gasteiger partial charge >= 0.3 is 0 Å². The lowest BCUT2D eigenvalue weighted by atomic mass is 9.83. The Kier molecular flexibility index (Phi) is 6.10. The maximum atomic E-state index is 5.80. The molecule has 0 spiro atoms. The van der Waals surface area contributed by atoms with E-state index in [0.29, 0.717) is 18.1 Å². The van der Waals surface area contributed by atoms with E-state index in [1.54, 1.807) is 0 Å². The Morgan fingerprint density at radius 1 is 1.44 bits per heavy atom. The van der Waals surface area contributed by atoms with Crippen LogP contribution in [0.3, 0.4) is 0 Å². The maximum absolute atomic E-state index is 5.80. The van der Waals surface area contributed by atoms with E-state index in [2.05, 4.69) is 50.8 Å². The van der Waals surface area contributed by atoms with Crippen molar-refractivity contribution in [3.05, 3.63) is 23.8 Å². The van der Waals surface area contributed by atoms with Gasteiger partial charge in [-0.3, -0.25) is 4.90 Å². The van der Waals surface area contributed by atoms with E-state index in [-0.39, 0.29) is 0 Å². The molecule has 0 aromatic rings. The van der Waals surface area contributed by atoms with Gasteiger partial charge in [0.05, 0.1) is 0 Å². The van der Waals surface area contributed by atoms with Crippen LogP contribution < -0.4 is 5.73 Å². The van der Waals surface area contributed by atoms with Gasteiger partial charge in [-0.25, -0.2) is 0 Å². The smallest absolute Gasteiger partial charge is 0.0457 e. The van der Waals surface area contributed by atoms with Crippen LogP contribution in [0.4, 0.5) is 0 Å². The Balaban J connectivity index is 2.37. The van der Waals surface area contributed by atoms with E-state index in [4.69, 9.17) is 5.73 Å². The van der Waals surface area contributed by atoms with Crippen molar-refractivity contribution in [1.82, 2.24) is 4.90 Å². The van der Waals surface area contributed by atoms with Gasteiger partial charge in [0, 0.05) is 12.7 Å². The van der Waals surface area contributed by atoms with Crippen LogP contribution in [0.1, 0.15) is 53.4 Å². The Labute approximate surface area is 113 Å². The van der Waals surface area contributed by atoms with Crippen molar-refractivity contribution in [3.8, 4) is 0 Å². The normalized spacial score (nSPS) is 20.0. The molecule has 1 aliphatic carbocycles. The fourth-order valence-electron chi connectivity index (χ4n) is 2.39. The summed E-state index contributed by atoms with van der Waals surface area (Å²) in [5.41, 5.74) is 7.64. The molecule has 0 heterocycles. The van der Waals surface area contributed by atoms with Gasteiger partial charge in [-0.05, 0) is 44.6 Å². The summed E-state index contributed by atoms with van der Waals surface area (Å²) in [6, 6.07) is 0.583. The van der Waals surface area contributed by atoms with Crippen LogP contribution in [-0.4, -0.2) is 24.2 Å². The molecule has 0 bridgehead atoms. The van der Waals surface area contributed by atoms with Crippen LogP contribution in [0, 0.1) is 5.41 Å². The lowest BCUT2D eigenvalue weighted by molar-refractivity contribution is 0.205. The molecule has 0 unspecified atom stereocenters. The summed E-state index contributed by atoms with van der Waals surface area (Å²) in [4.78, 5) is 2.37. The molecule has 1 atom stereocenters. The van der Waals surface area contributed by atoms with E-state index in [9.17, 15) is 0 Å². The fourth-order valence-corrected chi connectivity index (χ4v) is 2.39. The average Bonchev–Trinajstić information content (AvgIpc) is 2.34. The minimum atomic E-state index is 0.348. The molecular weight excluding hydrogens is 220 g/mol. The van der Waals surface area contributed by atoms with Crippen molar-refractivity contribution in [2.75, 3.05) is 13.2 Å². The van der Waals surface area contributed by atoms with Crippen molar-refractivity contribution >= 4 is 0 Å². The lowest BCUT2D eigenvalue weighted by Gasteiger charge is -2.28. The van der Waals surface area contributed by atoms with Crippen LogP contribution in [0.25, 0.3) is 0 Å². The van der Waals surface area contributed by atoms with Gasteiger partial charge in [0.25, 0.3) is 0 Å². The number of hydrogen-bond donors (Lipinski definition) is 1. The second-order valence-electron chi connectivity index (χ2n) is 6.19. The molecule has 1 aliphatic rings. The third-order valence-corrected chi connectivity index (χ3v) is 3.86. The summed E-state index contributed by atoms with van der Waals surface area (Å²) in [6.45, 7) is 10.9. The van der Waals surface area contributed by atoms with Crippen LogP contribution in [0.2, 0.25) is 0 Å². The summed E-state index contributed by atoms with van der Waals surface area (Å²) in [7, 11) is 0. The largest absolute Gasteiger partial charge is 0.318 e. The number of hydrogen-bond acceptors (Lipinski definition) is 2. The van der Waals surface area contributed by atoms with Crippen LogP contribution in [0.5, 0.6) is 0 Å². The summed E-state index contributed by atoms with van der Waals surface area (Å²) >= 11 is 0. The van der Waals surface area contributed by atoms with Gasteiger partial charge < -0.3 is 5.73 Å². The molecule has 0 aromatic carbocycles. The molecule has 104 valence electrons. The molecule has 18 heavy (non-hydrogen) atoms. The van der Waals surface area contributed by atoms with E-state index in [1.165, 1.54) is 31.3 Å². The van der Waals surface area contributed by atoms with E-state index in [0.717, 1.165) is 6.54 Å². The quantitative estimate of drug-likeness (QED) is 0.698. The predicted octanol–water partition coefficient (Wildman–Crippen LogP) is 3.70. The predicted molar refractivity (Wildman–Crippen MR) is 80.4 cm³/mol. The zero-order chi connectivity index (χ0) is 13.6. The van der Waals surface area contributed by atoms with Crippen molar-refractivity contribution in [2.45, 2.75) is 59.4 Å². The molecule has 2 heteroatoms. The Hall–Kier alpha value is -0.600. The fraction of sp³-hybridized carbons (Fsp3) is 0.750. The zero-order valence-corrected chi connectivity index (χ0v) is 12.6. The third-order valence-electron chi connectivity index (χ3n) is 3.86. The lowest BCUT2D eigenvalue weighted by Crippen LogP contribution is -2.38. The van der Waals surface area contributed by atoms with E-state index >= 15 is 0 Å². The topological polar surface area (TPSA) is 29.3 Å². The highest BCUT2D eigenvalue weighted by atomic mass is 15.2. The van der Waals surface area contributed by atoms with Crippen molar-refractivity contribution in [3.63, 3.8) is 0 Å². The molecule has 0 saturated heterocycles. The summed E-state index contributed by atoms with van der Waals surface area (Å²) in [5, 5.41) is 0. The molecule has 0 fully saturated rings. The van der Waals surface area contributed by atoms with Gasteiger partial charge in [0.15, 0.2) is 0 Å². The average molecular weight is 250 g/mol. The molecule has 0 saturated carbocycles. The van der Waals surface area contributed by atoms with Crippen molar-refractivity contribution in [1.29, 1.82) is 0 Å². The van der Waals surface area contributed by atoms with Gasteiger partial charge in [0.2, 0.25) is 0 Å². The molecule has 0 radical (unpaired) electrons. The monoisotopic (exact) mass is 250 g/mol. The second-order valence-corrected chi connectivity index (χ2v) is 6.19. The van der Waals surface area contributed by atoms with Crippen LogP contribution >= 0.6 is 0 Å². The first-order chi connectivity index (χ1) is 8.48. The van der Waals surface area contributed by atoms with Crippen LogP contribution in [-0.2, 0) is 0 Å². The number of allylic oxidation sites excluding steroid dienone is 4. The standard InChI is InChI=1S/C16H30N2/c1-5-12-18(13-17)14(2)6-7-15-8-10-16(3,4)11-9-15/h8-10,14H,5-7,11-13,17H2,1-4H3/t14-/m0/s1. The van der Waals surface area contributed by atoms with Crippen molar-refractivity contribution in [2.24, 2.45) is 11.1 Å². The minimum Gasteiger partial charge on any atom is -0.318 e. The maximum Gasteiger partial charge on any atom is 0.0457 e. The molecule has 2 nitrogen and oxygen atoms in total. The first-order valence-corrected chi connectivity index (χ1v) is 7.31. The number of nitrogens with zero attached hydrogens (tertiary/aromatic N) is 1. The van der Waals surface area contributed by atoms with E-state index in [1.807, 2.05) is 0 Å². The Morgan fingerprint density at radius 2 is 2.17 bits per heavy atom. The first-order valence-electron chi connectivity index (χ1n) is 7.31. The summed E-state index contributed by atoms with van der Waals surface area (Å²) in [6.07, 6.45) is 11.8. The zero-order valence-electron chi connectivity index (χ0n) is 12.6. The first kappa shape index (κ1) is 15.5. The minimum absolute atomic E-state index is 0.348. The molecule has 1 rings (SSSR count).